The lowest BCUT2D eigenvalue weighted by atomic mass is 9.55. The molecule has 284 valence electrons. The molecule has 2 heteroatoms. The predicted molar refractivity (Wildman–Crippen MR) is 249 cm³/mol. The molecule has 0 unspecified atom stereocenters. The van der Waals surface area contributed by atoms with Crippen molar-refractivity contribution >= 4 is 39.0 Å². The van der Waals surface area contributed by atoms with E-state index in [1.165, 1.54) is 55.6 Å². The van der Waals surface area contributed by atoms with E-state index in [-0.39, 0.29) is 5.41 Å². The Labute approximate surface area is 350 Å². The van der Waals surface area contributed by atoms with Gasteiger partial charge in [0.1, 0.15) is 11.2 Å². The summed E-state index contributed by atoms with van der Waals surface area (Å²) in [6.07, 6.45) is 0. The van der Waals surface area contributed by atoms with Crippen molar-refractivity contribution in [2.45, 2.75) is 24.7 Å². The molecule has 0 bridgehead atoms. The van der Waals surface area contributed by atoms with Crippen LogP contribution >= 0.6 is 0 Å². The van der Waals surface area contributed by atoms with E-state index < -0.39 is 5.41 Å². The summed E-state index contributed by atoms with van der Waals surface area (Å²) in [6.45, 7) is 4.77. The molecular weight excluding hydrogens is 727 g/mol. The first kappa shape index (κ1) is 34.6. The molecule has 0 saturated heterocycles. The molecule has 2 nitrogen and oxygen atoms in total. The Kier molecular flexibility index (Phi) is 7.52. The number of hydrogen-bond acceptors (Lipinski definition) is 2. The van der Waals surface area contributed by atoms with Crippen LogP contribution in [0.15, 0.2) is 217 Å². The van der Waals surface area contributed by atoms with Gasteiger partial charge in [-0.2, -0.15) is 0 Å². The van der Waals surface area contributed by atoms with E-state index in [9.17, 15) is 0 Å². The summed E-state index contributed by atoms with van der Waals surface area (Å²) in [4.78, 5) is 2.42. The fourth-order valence-electron chi connectivity index (χ4n) is 10.6. The zero-order chi connectivity index (χ0) is 40.0. The molecule has 0 N–H and O–H groups in total. The zero-order valence-electron chi connectivity index (χ0n) is 33.6. The number of hydrogen-bond donors (Lipinski definition) is 0. The van der Waals surface area contributed by atoms with Crippen molar-refractivity contribution < 1.29 is 4.42 Å². The number of rotatable bonds is 5. The minimum atomic E-state index is -0.484. The van der Waals surface area contributed by atoms with E-state index >= 15 is 0 Å². The highest BCUT2D eigenvalue weighted by atomic mass is 16.3. The average molecular weight is 768 g/mol. The van der Waals surface area contributed by atoms with Crippen LogP contribution < -0.4 is 4.90 Å². The summed E-state index contributed by atoms with van der Waals surface area (Å²) >= 11 is 0. The molecule has 0 radical (unpaired) electrons. The Morgan fingerprint density at radius 1 is 0.350 bits per heavy atom. The lowest BCUT2D eigenvalue weighted by molar-refractivity contribution is 0.563. The molecule has 1 spiro atoms. The van der Waals surface area contributed by atoms with Gasteiger partial charge in [0.2, 0.25) is 0 Å². The summed E-state index contributed by atoms with van der Waals surface area (Å²) in [5, 5.41) is 2.27. The van der Waals surface area contributed by atoms with Crippen LogP contribution in [0.3, 0.4) is 0 Å². The molecule has 1 aromatic heterocycles. The third kappa shape index (κ3) is 4.88. The van der Waals surface area contributed by atoms with Crippen LogP contribution in [0.2, 0.25) is 0 Å². The van der Waals surface area contributed by atoms with Gasteiger partial charge in [0.15, 0.2) is 0 Å². The predicted octanol–water partition coefficient (Wildman–Crippen LogP) is 15.4. The highest BCUT2D eigenvalue weighted by Crippen LogP contribution is 2.62. The molecule has 0 atom stereocenters. The van der Waals surface area contributed by atoms with Crippen molar-refractivity contribution in [1.29, 1.82) is 0 Å². The van der Waals surface area contributed by atoms with Gasteiger partial charge in [-0.25, -0.2) is 0 Å². The number of nitrogens with zero attached hydrogens (tertiary/aromatic N) is 1. The van der Waals surface area contributed by atoms with E-state index in [0.717, 1.165) is 50.1 Å². The quantitative estimate of drug-likeness (QED) is 0.173. The van der Waals surface area contributed by atoms with Crippen molar-refractivity contribution in [2.24, 2.45) is 0 Å². The number of benzene rings is 9. The van der Waals surface area contributed by atoms with Crippen LogP contribution in [-0.4, -0.2) is 0 Å². The third-order valence-corrected chi connectivity index (χ3v) is 13.4. The van der Waals surface area contributed by atoms with Crippen LogP contribution in [0.25, 0.3) is 55.3 Å². The van der Waals surface area contributed by atoms with Crippen molar-refractivity contribution in [3.63, 3.8) is 0 Å². The molecule has 9 aromatic carbocycles. The molecule has 60 heavy (non-hydrogen) atoms. The number of para-hydroxylation sites is 2. The lowest BCUT2D eigenvalue weighted by Gasteiger charge is -2.46. The van der Waals surface area contributed by atoms with Crippen LogP contribution in [0.5, 0.6) is 0 Å². The third-order valence-electron chi connectivity index (χ3n) is 13.4. The Bertz CT molecular complexity index is 3230. The molecule has 2 aliphatic rings. The van der Waals surface area contributed by atoms with Crippen LogP contribution in [0.1, 0.15) is 47.2 Å². The summed E-state index contributed by atoms with van der Waals surface area (Å²) in [7, 11) is 0. The largest absolute Gasteiger partial charge is 0.455 e. The maximum atomic E-state index is 6.48. The van der Waals surface area contributed by atoms with Gasteiger partial charge in [-0.15, -0.1) is 0 Å². The van der Waals surface area contributed by atoms with Crippen molar-refractivity contribution in [1.82, 2.24) is 0 Å². The minimum Gasteiger partial charge on any atom is -0.455 e. The number of anilines is 3. The first-order chi connectivity index (χ1) is 29.5. The molecule has 2 aliphatic carbocycles. The fraction of sp³-hybridized carbons (Fsp3) is 0.0690. The van der Waals surface area contributed by atoms with Crippen LogP contribution in [0, 0.1) is 0 Å². The van der Waals surface area contributed by atoms with Crippen LogP contribution in [0.4, 0.5) is 17.1 Å². The molecule has 10 aromatic rings. The zero-order valence-corrected chi connectivity index (χ0v) is 33.6. The molecule has 0 amide bonds. The van der Waals surface area contributed by atoms with E-state index in [4.69, 9.17) is 4.42 Å². The average Bonchev–Trinajstić information content (AvgIpc) is 3.83. The fourth-order valence-corrected chi connectivity index (χ4v) is 10.6. The molecule has 0 aliphatic heterocycles. The topological polar surface area (TPSA) is 16.4 Å². The smallest absolute Gasteiger partial charge is 0.143 e. The van der Waals surface area contributed by atoms with E-state index in [0.29, 0.717) is 0 Å². The Morgan fingerprint density at radius 2 is 0.850 bits per heavy atom. The SMILES string of the molecule is CC1(C)c2ccccc2C2(c3ccccc3-c3ccc(N(c4ccc(-c5ccccc5)cc4)c4ccc(-c5cccc6c5oc5ccccc56)cc4)cc32)c2ccccc21. The van der Waals surface area contributed by atoms with E-state index in [1.807, 2.05) is 12.1 Å². The maximum Gasteiger partial charge on any atom is 0.143 e. The molecule has 0 fully saturated rings. The number of fused-ring (bicyclic) bond motifs is 12. The summed E-state index contributed by atoms with van der Waals surface area (Å²) < 4.78 is 6.48. The first-order valence-electron chi connectivity index (χ1n) is 20.9. The van der Waals surface area contributed by atoms with Crippen molar-refractivity contribution in [3.05, 3.63) is 246 Å². The maximum absolute atomic E-state index is 6.48. The second-order valence-electron chi connectivity index (χ2n) is 16.8. The first-order valence-corrected chi connectivity index (χ1v) is 20.9. The normalized spacial score (nSPS) is 14.1. The van der Waals surface area contributed by atoms with E-state index in [1.54, 1.807) is 0 Å². The summed E-state index contributed by atoms with van der Waals surface area (Å²) in [5.74, 6) is 0. The molecule has 1 heterocycles. The van der Waals surface area contributed by atoms with Crippen molar-refractivity contribution in [3.8, 4) is 33.4 Å². The Balaban J connectivity index is 1.06. The van der Waals surface area contributed by atoms with Crippen molar-refractivity contribution in [2.75, 3.05) is 4.90 Å². The van der Waals surface area contributed by atoms with Gasteiger partial charge in [0.25, 0.3) is 0 Å². The molecule has 12 rings (SSSR count). The monoisotopic (exact) mass is 767 g/mol. The Morgan fingerprint density at radius 3 is 1.55 bits per heavy atom. The van der Waals surface area contributed by atoms with Gasteiger partial charge in [0, 0.05) is 38.8 Å². The highest BCUT2D eigenvalue weighted by molar-refractivity contribution is 6.09. The van der Waals surface area contributed by atoms with Gasteiger partial charge >= 0.3 is 0 Å². The van der Waals surface area contributed by atoms with Gasteiger partial charge in [-0.3, -0.25) is 0 Å². The second kappa shape index (κ2) is 13.0. The van der Waals surface area contributed by atoms with Gasteiger partial charge < -0.3 is 9.32 Å². The number of furan rings is 1. The Hall–Kier alpha value is -7.42. The summed E-state index contributed by atoms with van der Waals surface area (Å²) in [6, 6.07) is 78.0. The molecular formula is C58H41NO. The minimum absolute atomic E-state index is 0.158. The standard InChI is InChI=1S/C58H41NO/c1-57(2)50-22-9-11-24-52(50)58(53-25-12-10-23-51(53)57)49-21-8-6-17-45(49)46-36-35-43(37-54(46)58)59(41-31-27-39(28-32-41)38-15-4-3-5-16-38)42-33-29-40(30-34-42)44-19-14-20-48-47-18-7-13-26-55(47)60-56(44)48/h3-37H,1-2H3. The van der Waals surface area contributed by atoms with Gasteiger partial charge in [-0.1, -0.05) is 184 Å². The highest BCUT2D eigenvalue weighted by Gasteiger charge is 2.53. The van der Waals surface area contributed by atoms with Gasteiger partial charge in [0.05, 0.1) is 5.41 Å². The summed E-state index contributed by atoms with van der Waals surface area (Å²) in [5.41, 5.74) is 19.8. The second-order valence-corrected chi connectivity index (χ2v) is 16.8. The lowest BCUT2D eigenvalue weighted by Crippen LogP contribution is -2.40. The van der Waals surface area contributed by atoms with Gasteiger partial charge in [-0.05, 0) is 104 Å². The van der Waals surface area contributed by atoms with E-state index in [2.05, 4.69) is 219 Å². The molecule has 0 saturated carbocycles. The van der Waals surface area contributed by atoms with Crippen LogP contribution in [-0.2, 0) is 10.8 Å².